The van der Waals surface area contributed by atoms with Gasteiger partial charge in [-0.1, -0.05) is 0 Å². The van der Waals surface area contributed by atoms with Gasteiger partial charge in [-0.25, -0.2) is 4.98 Å². The van der Waals surface area contributed by atoms with Crippen LogP contribution in [0.2, 0.25) is 0 Å². The van der Waals surface area contributed by atoms with E-state index in [2.05, 4.69) is 9.88 Å². The highest BCUT2D eigenvalue weighted by Crippen LogP contribution is 2.35. The number of hydrogen-bond donors (Lipinski definition) is 1. The molecule has 0 amide bonds. The molecule has 0 radical (unpaired) electrons. The number of ether oxygens (including phenoxy) is 3. The molecular formula is C19H26N4O3. The van der Waals surface area contributed by atoms with Crippen LogP contribution in [0.5, 0.6) is 11.5 Å². The van der Waals surface area contributed by atoms with Gasteiger partial charge in [0.2, 0.25) is 5.95 Å². The van der Waals surface area contributed by atoms with Crippen LogP contribution in [0.25, 0.3) is 10.9 Å². The van der Waals surface area contributed by atoms with Crippen LogP contribution in [-0.2, 0) is 4.74 Å². The van der Waals surface area contributed by atoms with Crippen molar-refractivity contribution in [3.05, 3.63) is 12.1 Å². The van der Waals surface area contributed by atoms with Crippen molar-refractivity contribution < 1.29 is 14.2 Å². The molecule has 0 aliphatic carbocycles. The summed E-state index contributed by atoms with van der Waals surface area (Å²) in [4.78, 5) is 11.5. The van der Waals surface area contributed by atoms with E-state index in [-0.39, 0.29) is 0 Å². The molecule has 26 heavy (non-hydrogen) atoms. The molecule has 0 saturated carbocycles. The van der Waals surface area contributed by atoms with E-state index in [0.29, 0.717) is 35.3 Å². The first kappa shape index (κ1) is 17.1. The van der Waals surface area contributed by atoms with Crippen molar-refractivity contribution in [1.29, 1.82) is 0 Å². The number of piperidine rings is 1. The van der Waals surface area contributed by atoms with Crippen molar-refractivity contribution >= 4 is 22.7 Å². The van der Waals surface area contributed by atoms with Gasteiger partial charge in [0, 0.05) is 31.1 Å². The number of nitrogens with two attached hydrogens (primary N) is 1. The fourth-order valence-corrected chi connectivity index (χ4v) is 4.05. The summed E-state index contributed by atoms with van der Waals surface area (Å²) in [7, 11) is 3.22. The summed E-state index contributed by atoms with van der Waals surface area (Å²) < 4.78 is 16.6. The predicted octanol–water partition coefficient (Wildman–Crippen LogP) is 2.62. The lowest BCUT2D eigenvalue weighted by atomic mass is 9.90. The van der Waals surface area contributed by atoms with Crippen molar-refractivity contribution in [2.75, 3.05) is 44.5 Å². The second kappa shape index (κ2) is 7.15. The Labute approximate surface area is 153 Å². The molecule has 2 fully saturated rings. The summed E-state index contributed by atoms with van der Waals surface area (Å²) in [6, 6.07) is 3.69. The van der Waals surface area contributed by atoms with Crippen molar-refractivity contribution in [3.63, 3.8) is 0 Å². The summed E-state index contributed by atoms with van der Waals surface area (Å²) in [5.74, 6) is 3.07. The maximum atomic E-state index is 6.21. The van der Waals surface area contributed by atoms with Crippen LogP contribution in [0, 0.1) is 5.92 Å². The Kier molecular flexibility index (Phi) is 4.72. The number of benzene rings is 1. The SMILES string of the molecule is COc1cc2nc(N3CCC(C4CCCO4)CC3)nc(N)c2cc1OC. The minimum atomic E-state index is 0.441. The molecule has 1 aromatic heterocycles. The van der Waals surface area contributed by atoms with Gasteiger partial charge < -0.3 is 24.8 Å². The number of hydrogen-bond acceptors (Lipinski definition) is 7. The second-order valence-electron chi connectivity index (χ2n) is 7.01. The van der Waals surface area contributed by atoms with E-state index in [9.17, 15) is 0 Å². The maximum Gasteiger partial charge on any atom is 0.227 e. The van der Waals surface area contributed by atoms with Crippen molar-refractivity contribution in [2.45, 2.75) is 31.8 Å². The van der Waals surface area contributed by atoms with E-state index >= 15 is 0 Å². The fourth-order valence-electron chi connectivity index (χ4n) is 4.05. The average molecular weight is 358 g/mol. The Morgan fingerprint density at radius 2 is 1.81 bits per heavy atom. The average Bonchev–Trinajstić information content (AvgIpc) is 3.22. The molecule has 0 spiro atoms. The highest BCUT2D eigenvalue weighted by atomic mass is 16.5. The van der Waals surface area contributed by atoms with Crippen LogP contribution in [0.1, 0.15) is 25.7 Å². The van der Waals surface area contributed by atoms with Gasteiger partial charge in [-0.3, -0.25) is 0 Å². The lowest BCUT2D eigenvalue weighted by Gasteiger charge is -2.34. The zero-order valence-electron chi connectivity index (χ0n) is 15.4. The maximum absolute atomic E-state index is 6.21. The van der Waals surface area contributed by atoms with Crippen LogP contribution in [0.3, 0.4) is 0 Å². The number of anilines is 2. The summed E-state index contributed by atoms with van der Waals surface area (Å²) in [5, 5.41) is 0.778. The summed E-state index contributed by atoms with van der Waals surface area (Å²) in [5.41, 5.74) is 6.98. The zero-order chi connectivity index (χ0) is 18.1. The Balaban J connectivity index is 1.57. The Morgan fingerprint density at radius 1 is 1.08 bits per heavy atom. The van der Waals surface area contributed by atoms with E-state index < -0.39 is 0 Å². The minimum absolute atomic E-state index is 0.441. The standard InChI is InChI=1S/C19H26N4O3/c1-24-16-10-13-14(11-17(16)25-2)21-19(22-18(13)20)23-7-5-12(6-8-23)15-4-3-9-26-15/h10-12,15H,3-9H2,1-2H3,(H2,20,21,22). The Bertz CT molecular complexity index is 784. The molecule has 1 atom stereocenters. The first-order chi connectivity index (χ1) is 12.7. The number of nitrogen functional groups attached to an aromatic ring is 1. The number of methoxy groups -OCH3 is 2. The third-order valence-corrected chi connectivity index (χ3v) is 5.53. The van der Waals surface area contributed by atoms with E-state index in [1.54, 1.807) is 14.2 Å². The van der Waals surface area contributed by atoms with Crippen LogP contribution >= 0.6 is 0 Å². The predicted molar refractivity (Wildman–Crippen MR) is 101 cm³/mol. The van der Waals surface area contributed by atoms with E-state index in [0.717, 1.165) is 43.4 Å². The number of aromatic nitrogens is 2. The molecule has 2 aliphatic heterocycles. The minimum Gasteiger partial charge on any atom is -0.493 e. The van der Waals surface area contributed by atoms with Crippen molar-refractivity contribution in [2.24, 2.45) is 5.92 Å². The quantitative estimate of drug-likeness (QED) is 0.899. The van der Waals surface area contributed by atoms with Gasteiger partial charge in [0.05, 0.1) is 25.8 Å². The lowest BCUT2D eigenvalue weighted by molar-refractivity contribution is 0.0530. The van der Waals surface area contributed by atoms with Crippen LogP contribution < -0.4 is 20.1 Å². The van der Waals surface area contributed by atoms with Gasteiger partial charge in [0.25, 0.3) is 0 Å². The summed E-state index contributed by atoms with van der Waals surface area (Å²) >= 11 is 0. The number of nitrogens with zero attached hydrogens (tertiary/aromatic N) is 3. The van der Waals surface area contributed by atoms with E-state index in [1.807, 2.05) is 12.1 Å². The first-order valence-corrected chi connectivity index (χ1v) is 9.25. The van der Waals surface area contributed by atoms with Crippen molar-refractivity contribution in [1.82, 2.24) is 9.97 Å². The molecule has 1 aromatic carbocycles. The fraction of sp³-hybridized carbons (Fsp3) is 0.579. The third-order valence-electron chi connectivity index (χ3n) is 5.53. The van der Waals surface area contributed by atoms with Crippen molar-refractivity contribution in [3.8, 4) is 11.5 Å². The Morgan fingerprint density at radius 3 is 2.46 bits per heavy atom. The summed E-state index contributed by atoms with van der Waals surface area (Å²) in [6.45, 7) is 2.78. The molecule has 7 heteroatoms. The van der Waals surface area contributed by atoms with E-state index in [4.69, 9.17) is 24.9 Å². The molecule has 4 rings (SSSR count). The molecule has 7 nitrogen and oxygen atoms in total. The molecule has 1 unspecified atom stereocenters. The van der Waals surface area contributed by atoms with Crippen LogP contribution in [0.4, 0.5) is 11.8 Å². The highest BCUT2D eigenvalue weighted by Gasteiger charge is 2.30. The molecule has 2 aromatic rings. The smallest absolute Gasteiger partial charge is 0.227 e. The van der Waals surface area contributed by atoms with Gasteiger partial charge >= 0.3 is 0 Å². The number of fused-ring (bicyclic) bond motifs is 1. The molecule has 0 bridgehead atoms. The zero-order valence-corrected chi connectivity index (χ0v) is 15.4. The van der Waals surface area contributed by atoms with Gasteiger partial charge in [-0.2, -0.15) is 4.98 Å². The van der Waals surface area contributed by atoms with Gasteiger partial charge in [-0.05, 0) is 37.7 Å². The molecular weight excluding hydrogens is 332 g/mol. The van der Waals surface area contributed by atoms with E-state index in [1.165, 1.54) is 12.8 Å². The topological polar surface area (TPSA) is 82.7 Å². The van der Waals surface area contributed by atoms with Gasteiger partial charge in [-0.15, -0.1) is 0 Å². The monoisotopic (exact) mass is 358 g/mol. The van der Waals surface area contributed by atoms with Gasteiger partial charge in [0.15, 0.2) is 11.5 Å². The lowest BCUT2D eigenvalue weighted by Crippen LogP contribution is -2.38. The second-order valence-corrected chi connectivity index (χ2v) is 7.01. The highest BCUT2D eigenvalue weighted by molar-refractivity contribution is 5.91. The molecule has 2 aliphatic rings. The van der Waals surface area contributed by atoms with Gasteiger partial charge in [0.1, 0.15) is 5.82 Å². The Hall–Kier alpha value is -2.28. The normalized spacial score (nSPS) is 21.3. The van der Waals surface area contributed by atoms with Crippen LogP contribution in [-0.4, -0.2) is 50.0 Å². The summed E-state index contributed by atoms with van der Waals surface area (Å²) in [6.07, 6.45) is 5.05. The first-order valence-electron chi connectivity index (χ1n) is 9.25. The number of rotatable bonds is 4. The largest absolute Gasteiger partial charge is 0.493 e. The molecule has 3 heterocycles. The third kappa shape index (κ3) is 3.11. The van der Waals surface area contributed by atoms with Crippen LogP contribution in [0.15, 0.2) is 12.1 Å². The molecule has 2 N–H and O–H groups in total. The molecule has 2 saturated heterocycles. The molecule has 140 valence electrons.